The van der Waals surface area contributed by atoms with Crippen molar-refractivity contribution in [3.8, 4) is 22.3 Å². The topological polar surface area (TPSA) is 57.4 Å². The van der Waals surface area contributed by atoms with Gasteiger partial charge in [0, 0.05) is 33.2 Å². The minimum atomic E-state index is -0.624. The predicted molar refractivity (Wildman–Crippen MR) is 278 cm³/mol. The zero-order chi connectivity index (χ0) is 45.0. The van der Waals surface area contributed by atoms with Gasteiger partial charge in [0.1, 0.15) is 29.1 Å². The fourth-order valence-corrected chi connectivity index (χ4v) is 10.2. The van der Waals surface area contributed by atoms with Crippen LogP contribution in [0.5, 0.6) is 0 Å². The molecule has 0 spiro atoms. The third-order valence-electron chi connectivity index (χ3n) is 15.0. The summed E-state index contributed by atoms with van der Waals surface area (Å²) in [4.78, 5) is 17.9. The molecule has 4 saturated heterocycles. The van der Waals surface area contributed by atoms with Gasteiger partial charge in [-0.05, 0) is 120 Å². The standard InChI is InChI=1S/C48H38B12N4.K.Zn/c1-41(49)45(53,57-41)21-25-13-26(22-46(54)42(2,50)58-46)16-29(15-25)39-35-9-5-31(61-35)19-33-7-11-37(63-33)40(38-12-8-34(64-38)20-32-6-10-36(39)62-32)30-17-27(23-47(55)43(3,51)59-47)14-28(18-30)24-48(56)44(4,52)60-48;;/h5-20,61-62H,21-24H2,1-4H3;;/q;+1;+2. The second kappa shape index (κ2) is 16.3. The molecule has 4 nitrogen and oxygen atoms in total. The summed E-state index contributed by atoms with van der Waals surface area (Å²) in [7, 11) is 61.4. The van der Waals surface area contributed by atoms with E-state index in [1.807, 2.05) is 69.0 Å². The normalized spacial score (nSPS) is 32.7. The molecule has 8 unspecified atom stereocenters. The van der Waals surface area contributed by atoms with E-state index >= 15 is 0 Å². The molecule has 66 heavy (non-hydrogen) atoms. The monoisotopic (exact) mass is 905 g/mol. The van der Waals surface area contributed by atoms with Crippen LogP contribution in [0.2, 0.25) is 41.7 Å². The van der Waals surface area contributed by atoms with Gasteiger partial charge in [-0.2, -0.15) is 0 Å². The summed E-state index contributed by atoms with van der Waals surface area (Å²) in [6.45, 7) is 7.88. The van der Waals surface area contributed by atoms with Gasteiger partial charge in [0.05, 0.1) is 85.5 Å². The van der Waals surface area contributed by atoms with E-state index in [2.05, 4.69) is 94.9 Å². The molecule has 0 aliphatic carbocycles. The molecule has 2 aromatic carbocycles. The van der Waals surface area contributed by atoms with Crippen LogP contribution in [0.1, 0.15) is 72.7 Å². The van der Waals surface area contributed by atoms with Crippen LogP contribution in [0, 0.1) is 0 Å². The number of nitrogens with zero attached hydrogens (tertiary/aromatic N) is 2. The molecular weight excluding hydrogens is 867 g/mol. The van der Waals surface area contributed by atoms with Crippen molar-refractivity contribution in [2.45, 2.75) is 95.1 Å². The van der Waals surface area contributed by atoms with Crippen molar-refractivity contribution in [1.29, 1.82) is 0 Å². The Balaban J connectivity index is 0.00000274. The summed E-state index contributed by atoms with van der Waals surface area (Å²) in [5, 5.41) is -4.70. The van der Waals surface area contributed by atoms with Gasteiger partial charge in [-0.3, -0.25) is 0 Å². The zero-order valence-corrected chi connectivity index (χ0v) is 44.7. The molecule has 5 aromatic rings. The Morgan fingerprint density at radius 2 is 0.742 bits per heavy atom. The van der Waals surface area contributed by atoms with Crippen LogP contribution in [-0.2, 0) is 45.2 Å². The van der Waals surface area contributed by atoms with E-state index < -0.39 is 41.7 Å². The number of fused-ring (bicyclic) bond motifs is 8. The summed E-state index contributed by atoms with van der Waals surface area (Å²) < 4.78 is 0. The van der Waals surface area contributed by atoms with E-state index in [4.69, 9.17) is 72.7 Å². The minimum Gasteiger partial charge on any atom is -0.355 e. The molecule has 18 heteroatoms. The Labute approximate surface area is 459 Å². The van der Waals surface area contributed by atoms with E-state index in [1.54, 1.807) is 0 Å². The van der Waals surface area contributed by atoms with Gasteiger partial charge in [0.2, 0.25) is 0 Å². The molecule has 8 atom stereocenters. The van der Waals surface area contributed by atoms with Crippen LogP contribution in [-0.4, -0.2) is 112 Å². The summed E-state index contributed by atoms with van der Waals surface area (Å²) in [5.74, 6) is 0. The number of hydrogen-bond donors (Lipinski definition) is 2. The number of aromatic nitrogens is 4. The SMILES string of the molecule is [B]C1(C)[B]C1([B])Cc1cc(CC2([B])[B]C2([B])C)cc(-c2c3nc(cc4ccc([nH]4)c(-c4cc(CC5([B])[B]C5([B])C)cc(CC5([B])[B]C5([B])C)c4)c4ccc(cc5nc2C=C5)[nH]4)C=C3)c1.[K+].[Zn+2]. The summed E-state index contributed by atoms with van der Waals surface area (Å²) in [5.41, 5.74) is 15.0. The quantitative estimate of drug-likeness (QED) is 0.201. The van der Waals surface area contributed by atoms with Crippen LogP contribution in [0.15, 0.2) is 72.8 Å². The van der Waals surface area contributed by atoms with E-state index in [1.165, 1.54) is 0 Å². The van der Waals surface area contributed by atoms with Crippen LogP contribution >= 0.6 is 0 Å². The maximum absolute atomic E-state index is 6.82. The van der Waals surface area contributed by atoms with Crippen molar-refractivity contribution in [2.24, 2.45) is 0 Å². The van der Waals surface area contributed by atoms with Gasteiger partial charge in [0.25, 0.3) is 0 Å². The largest absolute Gasteiger partial charge is 2.00 e. The van der Waals surface area contributed by atoms with Crippen molar-refractivity contribution < 1.29 is 70.9 Å². The minimum absolute atomic E-state index is 0. The van der Waals surface area contributed by atoms with Crippen molar-refractivity contribution >= 4 is 138 Å². The smallest absolute Gasteiger partial charge is 0.355 e. The molecular formula is C48H38B12KN4Zn+3. The molecule has 2 N–H and O–H groups in total. The first-order chi connectivity index (χ1) is 29.9. The molecule has 9 heterocycles. The van der Waals surface area contributed by atoms with Crippen LogP contribution in [0.25, 0.3) is 68.6 Å². The Morgan fingerprint density at radius 1 is 0.439 bits per heavy atom. The molecule has 11 rings (SSSR count). The van der Waals surface area contributed by atoms with Gasteiger partial charge < -0.3 is 9.97 Å². The van der Waals surface area contributed by atoms with E-state index in [9.17, 15) is 0 Å². The Morgan fingerprint density at radius 3 is 1.05 bits per heavy atom. The third-order valence-corrected chi connectivity index (χ3v) is 15.0. The van der Waals surface area contributed by atoms with Crippen molar-refractivity contribution in [3.63, 3.8) is 0 Å². The number of benzene rings is 2. The van der Waals surface area contributed by atoms with Crippen LogP contribution in [0.4, 0.5) is 0 Å². The van der Waals surface area contributed by atoms with Gasteiger partial charge in [-0.25, -0.2) is 9.97 Å². The number of rotatable bonds is 10. The Bertz CT molecular complexity index is 2900. The van der Waals surface area contributed by atoms with Gasteiger partial charge in [0.15, 0.2) is 0 Å². The fourth-order valence-electron chi connectivity index (χ4n) is 10.2. The molecule has 0 amide bonds. The molecule has 3 aromatic heterocycles. The van der Waals surface area contributed by atoms with Crippen LogP contribution in [0.3, 0.4) is 0 Å². The number of H-pyrrole nitrogens is 2. The first-order valence-electron chi connectivity index (χ1n) is 22.1. The van der Waals surface area contributed by atoms with Crippen LogP contribution < -0.4 is 51.4 Å². The predicted octanol–water partition coefficient (Wildman–Crippen LogP) is 4.39. The fraction of sp³-hybridized carbons (Fsp3) is 0.333. The summed E-state index contributed by atoms with van der Waals surface area (Å²) in [6.07, 6.45) is 10.5. The number of aromatic amines is 2. The van der Waals surface area contributed by atoms with E-state index in [0.29, 0.717) is 25.7 Å². The summed E-state index contributed by atoms with van der Waals surface area (Å²) >= 11 is 0. The van der Waals surface area contributed by atoms with Gasteiger partial charge >= 0.3 is 70.9 Å². The first kappa shape index (κ1) is 49.1. The Hall–Kier alpha value is -1.92. The molecule has 286 valence electrons. The van der Waals surface area contributed by atoms with Gasteiger partial charge in [-0.1, -0.05) is 84.9 Å². The zero-order valence-electron chi connectivity index (χ0n) is 38.6. The average molecular weight is 905 g/mol. The van der Waals surface area contributed by atoms with Crippen molar-refractivity contribution in [2.75, 3.05) is 0 Å². The summed E-state index contributed by atoms with van der Waals surface area (Å²) in [6, 6.07) is 25.7. The first-order valence-corrected chi connectivity index (χ1v) is 22.1. The Kier molecular flexibility index (Phi) is 12.1. The molecule has 4 fully saturated rings. The maximum Gasteiger partial charge on any atom is 2.00 e. The van der Waals surface area contributed by atoms with Crippen molar-refractivity contribution in [3.05, 3.63) is 118 Å². The second-order valence-corrected chi connectivity index (χ2v) is 20.9. The molecule has 0 saturated carbocycles. The van der Waals surface area contributed by atoms with Crippen molar-refractivity contribution in [1.82, 2.24) is 19.9 Å². The molecule has 20 radical (unpaired) electrons. The molecule has 6 aliphatic heterocycles. The maximum atomic E-state index is 6.82. The number of hydrogen-bond acceptors (Lipinski definition) is 2. The van der Waals surface area contributed by atoms with E-state index in [-0.39, 0.29) is 70.9 Å². The number of nitrogens with one attached hydrogen (secondary N) is 2. The molecule has 6 aliphatic rings. The van der Waals surface area contributed by atoms with Gasteiger partial charge in [-0.15, -0.1) is 20.9 Å². The average Bonchev–Trinajstić information content (AvgIpc) is 3.77. The van der Waals surface area contributed by atoms with E-state index in [0.717, 1.165) is 89.4 Å². The third kappa shape index (κ3) is 8.82. The second-order valence-electron chi connectivity index (χ2n) is 20.9. The molecule has 8 bridgehead atoms.